The highest BCUT2D eigenvalue weighted by molar-refractivity contribution is 7.80. The molecule has 0 amide bonds. The van der Waals surface area contributed by atoms with Crippen LogP contribution in [0.4, 0.5) is 5.69 Å². The first-order chi connectivity index (χ1) is 11.2. The largest absolute Gasteiger partial charge is 0.360 e. The quantitative estimate of drug-likeness (QED) is 0.503. The fourth-order valence-electron chi connectivity index (χ4n) is 2.38. The van der Waals surface area contributed by atoms with E-state index in [9.17, 15) is 0 Å². The Morgan fingerprint density at radius 3 is 2.09 bits per heavy atom. The standard InChI is InChI=1S/C19H23N3S/c1-3-22(4-2)18(15-16-11-7-5-8-12-16)21-19(23)20-17-13-9-6-10-14-17/h5-14H,3-4,15H2,1-2H3,(H,20,23). The van der Waals surface area contributed by atoms with Gasteiger partial charge in [0.1, 0.15) is 5.84 Å². The molecule has 23 heavy (non-hydrogen) atoms. The lowest BCUT2D eigenvalue weighted by Crippen LogP contribution is -2.33. The van der Waals surface area contributed by atoms with E-state index in [0.29, 0.717) is 5.11 Å². The molecule has 2 aromatic carbocycles. The van der Waals surface area contributed by atoms with Gasteiger partial charge in [-0.15, -0.1) is 0 Å². The topological polar surface area (TPSA) is 27.6 Å². The monoisotopic (exact) mass is 325 g/mol. The summed E-state index contributed by atoms with van der Waals surface area (Å²) in [5.74, 6) is 0.995. The zero-order chi connectivity index (χ0) is 16.5. The first-order valence-corrected chi connectivity index (χ1v) is 8.36. The first-order valence-electron chi connectivity index (χ1n) is 7.95. The second kappa shape index (κ2) is 9.06. The molecule has 0 bridgehead atoms. The minimum absolute atomic E-state index is 0.494. The Morgan fingerprint density at radius 2 is 1.52 bits per heavy atom. The van der Waals surface area contributed by atoms with Gasteiger partial charge >= 0.3 is 0 Å². The number of anilines is 1. The summed E-state index contributed by atoms with van der Waals surface area (Å²) in [4.78, 5) is 6.91. The van der Waals surface area contributed by atoms with E-state index in [4.69, 9.17) is 12.2 Å². The zero-order valence-corrected chi connectivity index (χ0v) is 14.5. The molecule has 0 atom stereocenters. The fourth-order valence-corrected chi connectivity index (χ4v) is 2.60. The number of rotatable bonds is 5. The van der Waals surface area contributed by atoms with Gasteiger partial charge in [-0.2, -0.15) is 0 Å². The van der Waals surface area contributed by atoms with Gasteiger partial charge in [0.25, 0.3) is 0 Å². The molecule has 0 unspecified atom stereocenters. The predicted octanol–water partition coefficient (Wildman–Crippen LogP) is 4.37. The van der Waals surface area contributed by atoms with Gasteiger partial charge in [-0.1, -0.05) is 48.5 Å². The van der Waals surface area contributed by atoms with E-state index >= 15 is 0 Å². The van der Waals surface area contributed by atoms with Crippen LogP contribution in [0.3, 0.4) is 0 Å². The highest BCUT2D eigenvalue weighted by Crippen LogP contribution is 2.08. The lowest BCUT2D eigenvalue weighted by atomic mass is 10.1. The number of benzene rings is 2. The number of para-hydroxylation sites is 1. The molecular formula is C19H23N3S. The van der Waals surface area contributed by atoms with Crippen LogP contribution in [-0.2, 0) is 6.42 Å². The van der Waals surface area contributed by atoms with Crippen LogP contribution in [0.1, 0.15) is 19.4 Å². The Bertz CT molecular complexity index is 634. The summed E-state index contributed by atoms with van der Waals surface area (Å²) < 4.78 is 0. The third-order valence-corrected chi connectivity index (χ3v) is 3.78. The minimum Gasteiger partial charge on any atom is -0.360 e. The molecule has 0 spiro atoms. The van der Waals surface area contributed by atoms with E-state index in [1.165, 1.54) is 5.56 Å². The van der Waals surface area contributed by atoms with Crippen molar-refractivity contribution in [2.24, 2.45) is 4.99 Å². The highest BCUT2D eigenvalue weighted by atomic mass is 32.1. The summed E-state index contributed by atoms with van der Waals surface area (Å²) in [5, 5.41) is 3.67. The van der Waals surface area contributed by atoms with Crippen molar-refractivity contribution in [2.75, 3.05) is 18.4 Å². The average molecular weight is 325 g/mol. The number of nitrogens with one attached hydrogen (secondary N) is 1. The second-order valence-electron chi connectivity index (χ2n) is 5.16. The van der Waals surface area contributed by atoms with Crippen LogP contribution in [0.5, 0.6) is 0 Å². The normalized spacial score (nSPS) is 11.1. The van der Waals surface area contributed by atoms with Crippen molar-refractivity contribution in [3.63, 3.8) is 0 Å². The number of amidine groups is 1. The summed E-state index contributed by atoms with van der Waals surface area (Å²) in [6, 6.07) is 20.3. The summed E-state index contributed by atoms with van der Waals surface area (Å²) in [5.41, 5.74) is 2.19. The average Bonchev–Trinajstić information content (AvgIpc) is 2.57. The summed E-state index contributed by atoms with van der Waals surface area (Å²) >= 11 is 5.42. The number of thiocarbonyl (C=S) groups is 1. The van der Waals surface area contributed by atoms with Gasteiger partial charge < -0.3 is 10.2 Å². The van der Waals surface area contributed by atoms with Crippen LogP contribution in [0.15, 0.2) is 65.7 Å². The number of hydrogen-bond donors (Lipinski definition) is 1. The Kier molecular flexibility index (Phi) is 6.76. The lowest BCUT2D eigenvalue weighted by molar-refractivity contribution is 0.459. The van der Waals surface area contributed by atoms with Crippen molar-refractivity contribution in [2.45, 2.75) is 20.3 Å². The summed E-state index contributed by atoms with van der Waals surface area (Å²) in [7, 11) is 0. The molecule has 2 rings (SSSR count). The van der Waals surface area contributed by atoms with Crippen molar-refractivity contribution in [3.8, 4) is 0 Å². The van der Waals surface area contributed by atoms with Crippen LogP contribution in [0.2, 0.25) is 0 Å². The fraction of sp³-hybridized carbons (Fsp3) is 0.263. The molecule has 4 heteroatoms. The minimum atomic E-state index is 0.494. The maximum absolute atomic E-state index is 5.42. The van der Waals surface area contributed by atoms with Crippen LogP contribution in [0.25, 0.3) is 0 Å². The maximum Gasteiger partial charge on any atom is 0.198 e. The van der Waals surface area contributed by atoms with Gasteiger partial charge in [0, 0.05) is 25.2 Å². The molecule has 2 aromatic rings. The van der Waals surface area contributed by atoms with E-state index in [-0.39, 0.29) is 0 Å². The first kappa shape index (κ1) is 17.2. The molecule has 0 fully saturated rings. The molecule has 120 valence electrons. The lowest BCUT2D eigenvalue weighted by Gasteiger charge is -2.23. The Labute approximate surface area is 144 Å². The third-order valence-electron chi connectivity index (χ3n) is 3.59. The SMILES string of the molecule is CCN(CC)C(Cc1ccccc1)=NC(=S)Nc1ccccc1. The molecule has 0 heterocycles. The molecule has 1 N–H and O–H groups in total. The molecular weight excluding hydrogens is 302 g/mol. The van der Waals surface area contributed by atoms with E-state index in [2.05, 4.69) is 53.3 Å². The van der Waals surface area contributed by atoms with Gasteiger partial charge in [0.15, 0.2) is 5.11 Å². The highest BCUT2D eigenvalue weighted by Gasteiger charge is 2.10. The summed E-state index contributed by atoms with van der Waals surface area (Å²) in [6.07, 6.45) is 0.777. The zero-order valence-electron chi connectivity index (χ0n) is 13.7. The third kappa shape index (κ3) is 5.49. The molecule has 0 radical (unpaired) electrons. The Balaban J connectivity index is 2.16. The van der Waals surface area contributed by atoms with Gasteiger partial charge in [0.2, 0.25) is 0 Å². The molecule has 0 aromatic heterocycles. The predicted molar refractivity (Wildman–Crippen MR) is 103 cm³/mol. The van der Waals surface area contributed by atoms with Gasteiger partial charge in [-0.05, 0) is 43.8 Å². The maximum atomic E-state index is 5.42. The van der Waals surface area contributed by atoms with Crippen molar-refractivity contribution < 1.29 is 0 Å². The van der Waals surface area contributed by atoms with Crippen molar-refractivity contribution >= 4 is 28.9 Å². The van der Waals surface area contributed by atoms with Crippen LogP contribution in [0, 0.1) is 0 Å². The van der Waals surface area contributed by atoms with Crippen molar-refractivity contribution in [1.82, 2.24) is 4.90 Å². The van der Waals surface area contributed by atoms with Crippen LogP contribution in [-0.4, -0.2) is 28.9 Å². The Hall–Kier alpha value is -2.20. The smallest absolute Gasteiger partial charge is 0.198 e. The van der Waals surface area contributed by atoms with Crippen molar-refractivity contribution in [1.29, 1.82) is 0 Å². The molecule has 0 saturated heterocycles. The van der Waals surface area contributed by atoms with E-state index < -0.39 is 0 Å². The Morgan fingerprint density at radius 1 is 0.957 bits per heavy atom. The molecule has 0 aliphatic carbocycles. The molecule has 0 saturated carbocycles. The second-order valence-corrected chi connectivity index (χ2v) is 5.55. The van der Waals surface area contributed by atoms with E-state index in [0.717, 1.165) is 31.0 Å². The van der Waals surface area contributed by atoms with Crippen LogP contribution < -0.4 is 5.32 Å². The summed E-state index contributed by atoms with van der Waals surface area (Å²) in [6.45, 7) is 6.10. The van der Waals surface area contributed by atoms with Crippen LogP contribution >= 0.6 is 12.2 Å². The number of likely N-dealkylation sites (N-methyl/N-ethyl adjacent to an activating group) is 1. The van der Waals surface area contributed by atoms with Gasteiger partial charge in [0.05, 0.1) is 0 Å². The number of nitrogens with zero attached hydrogens (tertiary/aromatic N) is 2. The number of aliphatic imine (C=N–C) groups is 1. The number of hydrogen-bond acceptors (Lipinski definition) is 1. The van der Waals surface area contributed by atoms with E-state index in [1.54, 1.807) is 0 Å². The van der Waals surface area contributed by atoms with Gasteiger partial charge in [-0.25, -0.2) is 4.99 Å². The van der Waals surface area contributed by atoms with Gasteiger partial charge in [-0.3, -0.25) is 0 Å². The van der Waals surface area contributed by atoms with Crippen molar-refractivity contribution in [3.05, 3.63) is 66.2 Å². The van der Waals surface area contributed by atoms with E-state index in [1.807, 2.05) is 36.4 Å². The molecule has 0 aliphatic heterocycles. The molecule has 3 nitrogen and oxygen atoms in total. The molecule has 0 aliphatic rings.